The van der Waals surface area contributed by atoms with Crippen molar-refractivity contribution in [1.29, 1.82) is 0 Å². The van der Waals surface area contributed by atoms with E-state index in [1.165, 1.54) is 30.6 Å². The molecule has 32 heavy (non-hydrogen) atoms. The number of thiophene rings is 1. The number of esters is 3. The van der Waals surface area contributed by atoms with Gasteiger partial charge in [0.15, 0.2) is 6.61 Å². The minimum absolute atomic E-state index is 0.242. The summed E-state index contributed by atoms with van der Waals surface area (Å²) in [5, 5.41) is 3.09. The first-order valence-electron chi connectivity index (χ1n) is 10.1. The van der Waals surface area contributed by atoms with Gasteiger partial charge in [0.2, 0.25) is 0 Å². The van der Waals surface area contributed by atoms with E-state index in [0.717, 1.165) is 29.7 Å². The number of carbonyl (C=O) groups excluding carboxylic acids is 4. The number of nitrogens with one attached hydrogen (secondary N) is 1. The van der Waals surface area contributed by atoms with E-state index in [-0.39, 0.29) is 6.61 Å². The monoisotopic (exact) mass is 457 g/mol. The average Bonchev–Trinajstić information content (AvgIpc) is 3.37. The summed E-state index contributed by atoms with van der Waals surface area (Å²) in [6.45, 7) is 1.48. The van der Waals surface area contributed by atoms with Crippen molar-refractivity contribution in [2.75, 3.05) is 25.6 Å². The number of anilines is 1. The summed E-state index contributed by atoms with van der Waals surface area (Å²) in [6.07, 6.45) is 5.30. The molecule has 1 aromatic carbocycles. The fourth-order valence-electron chi connectivity index (χ4n) is 3.27. The van der Waals surface area contributed by atoms with Crippen LogP contribution in [0.2, 0.25) is 0 Å². The van der Waals surface area contributed by atoms with Gasteiger partial charge in [-0.25, -0.2) is 14.4 Å². The zero-order valence-electron chi connectivity index (χ0n) is 17.8. The van der Waals surface area contributed by atoms with Gasteiger partial charge in [-0.2, -0.15) is 0 Å². The standard InChI is InChI=1S/C23H23NO7S/c1-3-30-23(28)20-16-5-4-6-17(16)32-21(20)24-18(25)13-31-19(26)12-9-14-7-10-15(11-8-14)22(27)29-2/h7-12H,3-6,13H2,1-2H3,(H,24,25)/b12-9+. The highest BCUT2D eigenvalue weighted by molar-refractivity contribution is 7.17. The van der Waals surface area contributed by atoms with E-state index in [9.17, 15) is 19.2 Å². The Labute approximate surface area is 189 Å². The average molecular weight is 458 g/mol. The Hall–Kier alpha value is -3.46. The normalized spacial score (nSPS) is 12.3. The molecule has 168 valence electrons. The number of hydrogen-bond donors (Lipinski definition) is 1. The summed E-state index contributed by atoms with van der Waals surface area (Å²) >= 11 is 1.36. The third kappa shape index (κ3) is 5.61. The van der Waals surface area contributed by atoms with Crippen molar-refractivity contribution in [3.63, 3.8) is 0 Å². The molecule has 1 aromatic heterocycles. The van der Waals surface area contributed by atoms with Gasteiger partial charge in [0.05, 0.1) is 24.8 Å². The van der Waals surface area contributed by atoms with Crippen LogP contribution in [-0.4, -0.2) is 44.1 Å². The summed E-state index contributed by atoms with van der Waals surface area (Å²) in [4.78, 5) is 49.1. The Morgan fingerprint density at radius 2 is 1.81 bits per heavy atom. The highest BCUT2D eigenvalue weighted by Crippen LogP contribution is 2.39. The zero-order chi connectivity index (χ0) is 23.1. The molecule has 1 amide bonds. The van der Waals surface area contributed by atoms with E-state index in [0.29, 0.717) is 21.7 Å². The summed E-state index contributed by atoms with van der Waals surface area (Å²) in [7, 11) is 1.30. The second kappa shape index (κ2) is 10.7. The maximum Gasteiger partial charge on any atom is 0.341 e. The van der Waals surface area contributed by atoms with Crippen molar-refractivity contribution >= 4 is 46.2 Å². The molecule has 0 saturated heterocycles. The summed E-state index contributed by atoms with van der Waals surface area (Å²) in [5.41, 5.74) is 2.40. The molecular weight excluding hydrogens is 434 g/mol. The van der Waals surface area contributed by atoms with Crippen molar-refractivity contribution in [2.45, 2.75) is 26.2 Å². The smallest absolute Gasteiger partial charge is 0.341 e. The van der Waals surface area contributed by atoms with Crippen molar-refractivity contribution in [2.24, 2.45) is 0 Å². The van der Waals surface area contributed by atoms with Crippen molar-refractivity contribution in [3.8, 4) is 0 Å². The highest BCUT2D eigenvalue weighted by Gasteiger charge is 2.28. The van der Waals surface area contributed by atoms with Gasteiger partial charge in [0.1, 0.15) is 5.00 Å². The SMILES string of the molecule is CCOC(=O)c1c(NC(=O)COC(=O)/C=C/c2ccc(C(=O)OC)cc2)sc2c1CCC2. The molecule has 1 aliphatic rings. The number of carbonyl (C=O) groups is 4. The molecule has 8 nitrogen and oxygen atoms in total. The number of fused-ring (bicyclic) bond motifs is 1. The predicted molar refractivity (Wildman–Crippen MR) is 119 cm³/mol. The summed E-state index contributed by atoms with van der Waals surface area (Å²) < 4.78 is 14.7. The van der Waals surface area contributed by atoms with E-state index in [2.05, 4.69) is 10.1 Å². The number of hydrogen-bond acceptors (Lipinski definition) is 8. The number of ether oxygens (including phenoxy) is 3. The molecule has 0 aliphatic heterocycles. The third-order valence-electron chi connectivity index (χ3n) is 4.74. The van der Waals surface area contributed by atoms with Crippen LogP contribution in [0.1, 0.15) is 50.1 Å². The molecule has 9 heteroatoms. The summed E-state index contributed by atoms with van der Waals surface area (Å²) in [6, 6.07) is 6.44. The van der Waals surface area contributed by atoms with Crippen LogP contribution in [0.4, 0.5) is 5.00 Å². The van der Waals surface area contributed by atoms with Crippen molar-refractivity contribution in [3.05, 3.63) is 57.5 Å². The molecule has 3 rings (SSSR count). The first kappa shape index (κ1) is 23.2. The number of aryl methyl sites for hydroxylation is 1. The molecule has 1 heterocycles. The van der Waals surface area contributed by atoms with Crippen molar-refractivity contribution in [1.82, 2.24) is 0 Å². The molecular formula is C23H23NO7S. The van der Waals surface area contributed by atoms with Gasteiger partial charge in [0.25, 0.3) is 5.91 Å². The highest BCUT2D eigenvalue weighted by atomic mass is 32.1. The molecule has 2 aromatic rings. The van der Waals surface area contributed by atoms with Gasteiger partial charge in [-0.05, 0) is 55.5 Å². The molecule has 0 saturated carbocycles. The van der Waals surface area contributed by atoms with Crippen LogP contribution >= 0.6 is 11.3 Å². The Bertz CT molecular complexity index is 1050. The van der Waals surface area contributed by atoms with E-state index in [1.807, 2.05) is 0 Å². The van der Waals surface area contributed by atoms with Gasteiger partial charge < -0.3 is 19.5 Å². The number of benzene rings is 1. The molecule has 0 radical (unpaired) electrons. The van der Waals surface area contributed by atoms with E-state index in [4.69, 9.17) is 9.47 Å². The molecule has 0 unspecified atom stereocenters. The molecule has 1 N–H and O–H groups in total. The molecule has 0 bridgehead atoms. The Balaban J connectivity index is 1.55. The van der Waals surface area contributed by atoms with Gasteiger partial charge in [-0.3, -0.25) is 4.79 Å². The number of rotatable bonds is 8. The van der Waals surface area contributed by atoms with Gasteiger partial charge in [-0.1, -0.05) is 12.1 Å². The Morgan fingerprint density at radius 1 is 1.06 bits per heavy atom. The van der Waals surface area contributed by atoms with Crippen LogP contribution in [0, 0.1) is 0 Å². The minimum Gasteiger partial charge on any atom is -0.465 e. The summed E-state index contributed by atoms with van der Waals surface area (Å²) in [5.74, 6) is -2.15. The van der Waals surface area contributed by atoms with Crippen LogP contribution in [0.3, 0.4) is 0 Å². The lowest BCUT2D eigenvalue weighted by molar-refractivity contribution is -0.142. The van der Waals surface area contributed by atoms with Crippen LogP contribution < -0.4 is 5.32 Å². The van der Waals surface area contributed by atoms with Gasteiger partial charge >= 0.3 is 17.9 Å². The first-order valence-corrected chi connectivity index (χ1v) is 10.9. The fraction of sp³-hybridized carbons (Fsp3) is 0.304. The van der Waals surface area contributed by atoms with E-state index >= 15 is 0 Å². The molecule has 1 aliphatic carbocycles. The number of methoxy groups -OCH3 is 1. The molecule has 0 fully saturated rings. The second-order valence-corrected chi connectivity index (χ2v) is 7.99. The van der Waals surface area contributed by atoms with E-state index < -0.39 is 30.4 Å². The van der Waals surface area contributed by atoms with Crippen LogP contribution in [0.5, 0.6) is 0 Å². The maximum absolute atomic E-state index is 12.3. The van der Waals surface area contributed by atoms with Gasteiger partial charge in [-0.15, -0.1) is 11.3 Å². The Kier molecular flexibility index (Phi) is 7.77. The minimum atomic E-state index is -0.698. The fourth-order valence-corrected chi connectivity index (χ4v) is 4.57. The topological polar surface area (TPSA) is 108 Å². The van der Waals surface area contributed by atoms with Gasteiger partial charge in [0, 0.05) is 11.0 Å². The lowest BCUT2D eigenvalue weighted by Gasteiger charge is -2.08. The predicted octanol–water partition coefficient (Wildman–Crippen LogP) is 3.40. The quantitative estimate of drug-likeness (QED) is 0.368. The van der Waals surface area contributed by atoms with Crippen LogP contribution in [0.15, 0.2) is 30.3 Å². The largest absolute Gasteiger partial charge is 0.465 e. The Morgan fingerprint density at radius 3 is 2.50 bits per heavy atom. The third-order valence-corrected chi connectivity index (χ3v) is 5.95. The van der Waals surface area contributed by atoms with Crippen molar-refractivity contribution < 1.29 is 33.4 Å². The zero-order valence-corrected chi connectivity index (χ0v) is 18.6. The van der Waals surface area contributed by atoms with Crippen LogP contribution in [-0.2, 0) is 36.6 Å². The molecule has 0 atom stereocenters. The maximum atomic E-state index is 12.3. The number of amides is 1. The first-order chi connectivity index (χ1) is 15.4. The lowest BCUT2D eigenvalue weighted by Crippen LogP contribution is -2.21. The second-order valence-electron chi connectivity index (χ2n) is 6.88. The molecule has 0 spiro atoms. The van der Waals surface area contributed by atoms with Crippen LogP contribution in [0.25, 0.3) is 6.08 Å². The van der Waals surface area contributed by atoms with E-state index in [1.54, 1.807) is 31.2 Å². The lowest BCUT2D eigenvalue weighted by atomic mass is 10.1.